The molecule has 0 spiro atoms. The van der Waals surface area contributed by atoms with Gasteiger partial charge in [0.25, 0.3) is 0 Å². The molecule has 3 heterocycles. The molecule has 7 aromatic carbocycles. The summed E-state index contributed by atoms with van der Waals surface area (Å²) in [6, 6.07) is 68.0. The van der Waals surface area contributed by atoms with Crippen LogP contribution in [0.2, 0.25) is 0 Å². The molecular weight excluding hydrogens is 912 g/mol. The van der Waals surface area contributed by atoms with Gasteiger partial charge in [-0.2, -0.15) is 30.3 Å². The summed E-state index contributed by atoms with van der Waals surface area (Å²) < 4.78 is 6.95. The van der Waals surface area contributed by atoms with Crippen LogP contribution in [0.1, 0.15) is 67.5 Å². The second kappa shape index (κ2) is 14.7. The molecule has 3 aromatic heterocycles. The van der Waals surface area contributed by atoms with E-state index in [1.54, 1.807) is 0 Å². The monoisotopic (exact) mass is 954 g/mol. The molecule has 0 amide bonds. The summed E-state index contributed by atoms with van der Waals surface area (Å²) in [5, 5.41) is 2.32. The van der Waals surface area contributed by atoms with E-state index in [2.05, 4.69) is 224 Å². The summed E-state index contributed by atoms with van der Waals surface area (Å²) in [7, 11) is 0. The van der Waals surface area contributed by atoms with Crippen molar-refractivity contribution in [3.63, 3.8) is 0 Å². The first-order valence-electron chi connectivity index (χ1n) is 20.7. The van der Waals surface area contributed by atoms with E-state index < -0.39 is 5.41 Å². The number of hydrogen-bond acceptors (Lipinski definition) is 1. The minimum atomic E-state index is -0.707. The minimum Gasteiger partial charge on any atom is -0.319 e. The van der Waals surface area contributed by atoms with Gasteiger partial charge in [-0.3, -0.25) is 0 Å². The number of aromatic nitrogens is 4. The summed E-state index contributed by atoms with van der Waals surface area (Å²) in [6.07, 6.45) is 4.18. The molecule has 60 heavy (non-hydrogen) atoms. The van der Waals surface area contributed by atoms with Gasteiger partial charge in [0.15, 0.2) is 17.4 Å². The molecule has 1 aliphatic carbocycles. The molecule has 5 heteroatoms. The quantitative estimate of drug-likeness (QED) is 0.146. The molecule has 11 rings (SSSR count). The van der Waals surface area contributed by atoms with E-state index in [1.807, 2.05) is 6.20 Å². The Morgan fingerprint density at radius 1 is 0.567 bits per heavy atom. The summed E-state index contributed by atoms with van der Waals surface area (Å²) in [5.41, 5.74) is 15.5. The van der Waals surface area contributed by atoms with Crippen LogP contribution < -0.4 is 0 Å². The van der Waals surface area contributed by atoms with Crippen LogP contribution >= 0.6 is 0 Å². The predicted octanol–water partition coefficient (Wildman–Crippen LogP) is 13.5. The molecule has 1 aliphatic rings. The van der Waals surface area contributed by atoms with Crippen LogP contribution in [0, 0.1) is 12.1 Å². The van der Waals surface area contributed by atoms with E-state index in [9.17, 15) is 0 Å². The van der Waals surface area contributed by atoms with Crippen LogP contribution in [0.5, 0.6) is 0 Å². The normalized spacial score (nSPS) is 13.0. The number of benzene rings is 7. The summed E-state index contributed by atoms with van der Waals surface area (Å²) in [5.74, 6) is 1.26. The third-order valence-corrected chi connectivity index (χ3v) is 12.5. The maximum atomic E-state index is 5.07. The number of imidazole rings is 1. The van der Waals surface area contributed by atoms with Gasteiger partial charge in [0.1, 0.15) is 5.82 Å². The Labute approximate surface area is 365 Å². The Hall–Kier alpha value is -6.35. The average Bonchev–Trinajstić information content (AvgIpc) is 3.93. The van der Waals surface area contributed by atoms with Gasteiger partial charge in [-0.05, 0) is 94.4 Å². The molecule has 4 nitrogen and oxygen atoms in total. The van der Waals surface area contributed by atoms with E-state index in [0.717, 1.165) is 50.1 Å². The second-order valence-electron chi connectivity index (χ2n) is 16.4. The van der Waals surface area contributed by atoms with Crippen molar-refractivity contribution in [2.24, 2.45) is 0 Å². The number of fused-ring (bicyclic) bond motifs is 7. The number of rotatable bonds is 7. The Balaban J connectivity index is 0.00000433. The fourth-order valence-corrected chi connectivity index (χ4v) is 9.84. The van der Waals surface area contributed by atoms with Crippen molar-refractivity contribution in [1.82, 2.24) is 18.7 Å². The van der Waals surface area contributed by atoms with Gasteiger partial charge in [0.2, 0.25) is 0 Å². The van der Waals surface area contributed by atoms with Crippen molar-refractivity contribution in [2.45, 2.75) is 45.1 Å². The molecule has 0 unspecified atom stereocenters. The van der Waals surface area contributed by atoms with Crippen molar-refractivity contribution in [3.8, 4) is 33.8 Å². The fraction of sp³-hybridized carbons (Fsp3) is 0.127. The molecule has 0 atom stereocenters. The average molecular weight is 955 g/mol. The first-order valence-corrected chi connectivity index (χ1v) is 20.7. The van der Waals surface area contributed by atoms with Crippen molar-refractivity contribution in [2.75, 3.05) is 0 Å². The van der Waals surface area contributed by atoms with E-state index in [4.69, 9.17) is 4.98 Å². The third-order valence-electron chi connectivity index (χ3n) is 12.5. The van der Waals surface area contributed by atoms with Crippen LogP contribution in [-0.2, 0) is 26.5 Å². The molecule has 0 radical (unpaired) electrons. The molecule has 10 aromatic rings. The zero-order valence-corrected chi connectivity index (χ0v) is 36.3. The number of hydrogen-bond donors (Lipinski definition) is 0. The number of para-hydroxylation sites is 3. The fourth-order valence-electron chi connectivity index (χ4n) is 9.84. The Bertz CT molecular complexity index is 3210. The molecular formula is C55H43N4Pt-. The Kier molecular flexibility index (Phi) is 9.30. The van der Waals surface area contributed by atoms with Crippen LogP contribution in [0.3, 0.4) is 0 Å². The first kappa shape index (κ1) is 37.9. The predicted molar refractivity (Wildman–Crippen MR) is 243 cm³/mol. The second-order valence-corrected chi connectivity index (χ2v) is 16.4. The van der Waals surface area contributed by atoms with Crippen molar-refractivity contribution in [3.05, 3.63) is 216 Å². The summed E-state index contributed by atoms with van der Waals surface area (Å²) >= 11 is 0. The van der Waals surface area contributed by atoms with E-state index in [0.29, 0.717) is 12.0 Å². The maximum absolute atomic E-state index is 5.07. The molecule has 294 valence electrons. The smallest absolute Gasteiger partial charge is 0.188 e. The van der Waals surface area contributed by atoms with Crippen molar-refractivity contribution < 1.29 is 21.1 Å². The van der Waals surface area contributed by atoms with Crippen LogP contribution in [-0.4, -0.2) is 18.7 Å². The summed E-state index contributed by atoms with van der Waals surface area (Å²) in [6.45, 7) is 8.99. The van der Waals surface area contributed by atoms with Crippen LogP contribution in [0.15, 0.2) is 176 Å². The largest absolute Gasteiger partial charge is 0.319 e. The standard InChI is InChI=1S/C55H43N4.Pt/c1-36(2)42-18-5-6-19-43(42)38-30-31-56-54(32-38)59-50-25-12-9-22-46(50)47-29-28-40(34-53(47)59)55(48-23-10-7-20-44(48)45-21-8-11-24-49(45)55)39-16-15-17-41(33-39)58-35-57(37(3)4)51-26-13-14-27-52(51)58;/h5-32,35-37H,1-4H3;/q-1;. The minimum absolute atomic E-state index is 0. The maximum Gasteiger partial charge on any atom is 0.188 e. The summed E-state index contributed by atoms with van der Waals surface area (Å²) in [4.78, 5) is 5.07. The van der Waals surface area contributed by atoms with E-state index in [1.165, 1.54) is 44.3 Å². The van der Waals surface area contributed by atoms with Crippen molar-refractivity contribution >= 4 is 32.8 Å². The number of pyridine rings is 1. The van der Waals surface area contributed by atoms with Gasteiger partial charge in [0.05, 0.1) is 6.04 Å². The third kappa shape index (κ3) is 5.61. The van der Waals surface area contributed by atoms with E-state index in [-0.39, 0.29) is 21.1 Å². The SMILES string of the molecule is CC(C)c1ccccc1-c1ccnc(-n2c3[c-]c(C4(c5[c-]c(-n6[cH+]n(C(C)C)c7ccccc76)ccc5)c5ccccc5-c5ccccc54)ccc3c3ccccc32)c1.[Pt]. The Morgan fingerprint density at radius 2 is 1.20 bits per heavy atom. The topological polar surface area (TPSA) is 27.7 Å². The Morgan fingerprint density at radius 3 is 1.93 bits per heavy atom. The molecule has 0 aliphatic heterocycles. The zero-order valence-electron chi connectivity index (χ0n) is 34.0. The molecule has 0 saturated heterocycles. The van der Waals surface area contributed by atoms with Gasteiger partial charge in [-0.25, -0.2) is 14.1 Å². The van der Waals surface area contributed by atoms with Gasteiger partial charge < -0.3 is 4.57 Å². The van der Waals surface area contributed by atoms with Crippen LogP contribution in [0.4, 0.5) is 0 Å². The molecule has 0 fully saturated rings. The van der Waals surface area contributed by atoms with E-state index >= 15 is 0 Å². The van der Waals surface area contributed by atoms with Gasteiger partial charge in [-0.15, -0.1) is 22.6 Å². The van der Waals surface area contributed by atoms with Crippen LogP contribution in [0.25, 0.3) is 66.6 Å². The molecule has 0 N–H and O–H groups in total. The van der Waals surface area contributed by atoms with Gasteiger partial charge in [-0.1, -0.05) is 116 Å². The van der Waals surface area contributed by atoms with Gasteiger partial charge >= 0.3 is 0 Å². The van der Waals surface area contributed by atoms with Crippen molar-refractivity contribution in [1.29, 1.82) is 0 Å². The molecule has 0 saturated carbocycles. The first-order chi connectivity index (χ1) is 28.9. The molecule has 0 bridgehead atoms. The number of nitrogens with zero attached hydrogens (tertiary/aromatic N) is 4. The van der Waals surface area contributed by atoms with Gasteiger partial charge in [0, 0.05) is 56.0 Å². The zero-order chi connectivity index (χ0) is 39.8.